The molecule has 1 saturated heterocycles. The minimum Gasteiger partial charge on any atom is -0.379 e. The molecule has 1 N–H and O–H groups in total. The summed E-state index contributed by atoms with van der Waals surface area (Å²) in [6, 6.07) is 8.98. The number of rotatable bonds is 5. The fraction of sp³-hybridized carbons (Fsp3) is 0.458. The molecule has 3 heterocycles. The van der Waals surface area contributed by atoms with Gasteiger partial charge in [-0.25, -0.2) is 0 Å². The van der Waals surface area contributed by atoms with E-state index >= 15 is 0 Å². The van der Waals surface area contributed by atoms with Gasteiger partial charge in [0.15, 0.2) is 0 Å². The fourth-order valence-corrected chi connectivity index (χ4v) is 4.90. The van der Waals surface area contributed by atoms with Crippen LogP contribution in [-0.2, 0) is 16.0 Å². The molecule has 0 atom stereocenters. The maximum Gasteiger partial charge on any atom is 0.141 e. The summed E-state index contributed by atoms with van der Waals surface area (Å²) >= 11 is 0. The zero-order chi connectivity index (χ0) is 20.3. The summed E-state index contributed by atoms with van der Waals surface area (Å²) in [5.74, 6) is 0.519. The molecular weight excluding hydrogens is 376 g/mol. The van der Waals surface area contributed by atoms with E-state index in [1.807, 2.05) is 18.6 Å². The number of Topliss-reactive ketones (excluding diaryl/α,β-unsaturated/α-hetero) is 1. The van der Waals surface area contributed by atoms with E-state index in [2.05, 4.69) is 44.3 Å². The van der Waals surface area contributed by atoms with Gasteiger partial charge < -0.3 is 4.74 Å². The molecule has 5 rings (SSSR count). The van der Waals surface area contributed by atoms with E-state index in [9.17, 15) is 4.79 Å². The third kappa shape index (κ3) is 4.16. The number of H-pyrrole nitrogens is 1. The monoisotopic (exact) mass is 404 g/mol. The highest BCUT2D eigenvalue weighted by Gasteiger charge is 2.30. The first-order chi connectivity index (χ1) is 14.8. The molecular formula is C24H28N4O2. The number of ketones is 1. The summed E-state index contributed by atoms with van der Waals surface area (Å²) in [5.41, 5.74) is 3.04. The first kappa shape index (κ1) is 19.4. The summed E-state index contributed by atoms with van der Waals surface area (Å²) in [4.78, 5) is 20.1. The number of carbonyl (C=O) groups excluding carboxylic acids is 1. The van der Waals surface area contributed by atoms with Gasteiger partial charge in [-0.3, -0.25) is 19.8 Å². The number of nitrogens with zero attached hydrogens (tertiary/aromatic N) is 3. The molecule has 1 saturated carbocycles. The van der Waals surface area contributed by atoms with Crippen molar-refractivity contribution in [2.24, 2.45) is 5.92 Å². The summed E-state index contributed by atoms with van der Waals surface area (Å²) in [6.07, 6.45) is 10.3. The molecule has 6 nitrogen and oxygen atoms in total. The Kier molecular flexibility index (Phi) is 5.60. The molecule has 0 unspecified atom stereocenters. The van der Waals surface area contributed by atoms with Crippen LogP contribution in [0.3, 0.4) is 0 Å². The van der Waals surface area contributed by atoms with Crippen LogP contribution in [-0.4, -0.2) is 58.2 Å². The average Bonchev–Trinajstić information content (AvgIpc) is 3.34. The highest BCUT2D eigenvalue weighted by Crippen LogP contribution is 2.30. The van der Waals surface area contributed by atoms with Crippen molar-refractivity contribution in [3.63, 3.8) is 0 Å². The number of benzene rings is 1. The molecule has 6 heteroatoms. The Hall–Kier alpha value is -2.57. The van der Waals surface area contributed by atoms with Gasteiger partial charge in [-0.1, -0.05) is 12.1 Å². The highest BCUT2D eigenvalue weighted by atomic mass is 16.5. The van der Waals surface area contributed by atoms with Crippen LogP contribution in [0, 0.1) is 5.92 Å². The van der Waals surface area contributed by atoms with Crippen LogP contribution in [0.15, 0.2) is 42.9 Å². The molecule has 0 spiro atoms. The van der Waals surface area contributed by atoms with Crippen LogP contribution in [0.2, 0.25) is 0 Å². The molecule has 2 fully saturated rings. The normalized spacial score (nSPS) is 22.9. The summed E-state index contributed by atoms with van der Waals surface area (Å²) in [5, 5.41) is 9.09. The number of fused-ring (bicyclic) bond motifs is 1. The van der Waals surface area contributed by atoms with E-state index in [4.69, 9.17) is 4.74 Å². The summed E-state index contributed by atoms with van der Waals surface area (Å²) in [6.45, 7) is 3.75. The number of ether oxygens (including phenoxy) is 1. The van der Waals surface area contributed by atoms with Gasteiger partial charge in [0.05, 0.1) is 19.4 Å². The van der Waals surface area contributed by atoms with E-state index in [1.54, 1.807) is 0 Å². The maximum atomic E-state index is 13.0. The second kappa shape index (κ2) is 8.66. The first-order valence-corrected chi connectivity index (χ1v) is 11.0. The Morgan fingerprint density at radius 2 is 1.87 bits per heavy atom. The van der Waals surface area contributed by atoms with E-state index in [-0.39, 0.29) is 5.92 Å². The highest BCUT2D eigenvalue weighted by molar-refractivity contribution is 5.88. The molecule has 156 valence electrons. The van der Waals surface area contributed by atoms with E-state index in [1.165, 1.54) is 0 Å². The molecule has 3 aromatic rings. The Morgan fingerprint density at radius 3 is 2.63 bits per heavy atom. The van der Waals surface area contributed by atoms with Gasteiger partial charge in [0.2, 0.25) is 0 Å². The topological polar surface area (TPSA) is 71.1 Å². The minimum absolute atomic E-state index is 0.178. The van der Waals surface area contributed by atoms with Gasteiger partial charge in [0.1, 0.15) is 5.78 Å². The SMILES string of the molecule is O=C(Cc1cc2cc(-c3cn[nH]c3)ccc2cn1)C1CCC(N2CCOCC2)CC1. The Bertz CT molecular complexity index is 1000. The van der Waals surface area contributed by atoms with Crippen LogP contribution in [0.4, 0.5) is 0 Å². The lowest BCUT2D eigenvalue weighted by atomic mass is 9.81. The predicted octanol–water partition coefficient (Wildman–Crippen LogP) is 3.63. The van der Waals surface area contributed by atoms with Gasteiger partial charge >= 0.3 is 0 Å². The zero-order valence-electron chi connectivity index (χ0n) is 17.2. The minimum atomic E-state index is 0.178. The molecule has 0 radical (unpaired) electrons. The van der Waals surface area contributed by atoms with Crippen molar-refractivity contribution in [1.29, 1.82) is 0 Å². The quantitative estimate of drug-likeness (QED) is 0.703. The van der Waals surface area contributed by atoms with E-state index in [0.717, 1.165) is 79.6 Å². The number of nitrogens with one attached hydrogen (secondary N) is 1. The lowest BCUT2D eigenvalue weighted by molar-refractivity contribution is -0.123. The van der Waals surface area contributed by atoms with Crippen LogP contribution in [0.5, 0.6) is 0 Å². The smallest absolute Gasteiger partial charge is 0.141 e. The molecule has 2 aromatic heterocycles. The van der Waals surface area contributed by atoms with Crippen molar-refractivity contribution in [2.75, 3.05) is 26.3 Å². The third-order valence-corrected chi connectivity index (χ3v) is 6.68. The Balaban J connectivity index is 1.23. The molecule has 0 bridgehead atoms. The van der Waals surface area contributed by atoms with E-state index < -0.39 is 0 Å². The number of hydrogen-bond donors (Lipinski definition) is 1. The van der Waals surface area contributed by atoms with Crippen LogP contribution in [0.1, 0.15) is 31.4 Å². The van der Waals surface area contributed by atoms with Crippen LogP contribution >= 0.6 is 0 Å². The summed E-state index contributed by atoms with van der Waals surface area (Å²) in [7, 11) is 0. The van der Waals surface area contributed by atoms with Crippen LogP contribution < -0.4 is 0 Å². The second-order valence-corrected chi connectivity index (χ2v) is 8.52. The standard InChI is InChI=1S/C24H28N4O2/c29-24(17-3-5-23(6-4-17)28-7-9-30-10-8-28)13-22-12-20-11-18(21-15-26-27-16-21)1-2-19(20)14-25-22/h1-2,11-12,14-17,23H,3-10,13H2,(H,26,27). The number of aromatic nitrogens is 3. The van der Waals surface area contributed by atoms with Crippen molar-refractivity contribution >= 4 is 16.6 Å². The lowest BCUT2D eigenvalue weighted by Crippen LogP contribution is -2.45. The van der Waals surface area contributed by atoms with Gasteiger partial charge in [-0.05, 0) is 48.8 Å². The Labute approximate surface area is 176 Å². The zero-order valence-corrected chi connectivity index (χ0v) is 17.2. The van der Waals surface area contributed by atoms with Crippen molar-refractivity contribution in [3.05, 3.63) is 48.5 Å². The van der Waals surface area contributed by atoms with Crippen LogP contribution in [0.25, 0.3) is 21.9 Å². The van der Waals surface area contributed by atoms with Gasteiger partial charge in [0.25, 0.3) is 0 Å². The number of carbonyl (C=O) groups is 1. The van der Waals surface area contributed by atoms with Crippen molar-refractivity contribution in [2.45, 2.75) is 38.1 Å². The number of pyridine rings is 1. The molecule has 30 heavy (non-hydrogen) atoms. The third-order valence-electron chi connectivity index (χ3n) is 6.68. The van der Waals surface area contributed by atoms with Crippen molar-refractivity contribution < 1.29 is 9.53 Å². The largest absolute Gasteiger partial charge is 0.379 e. The van der Waals surface area contributed by atoms with Gasteiger partial charge in [-0.15, -0.1) is 0 Å². The van der Waals surface area contributed by atoms with Crippen molar-refractivity contribution in [1.82, 2.24) is 20.1 Å². The fourth-order valence-electron chi connectivity index (χ4n) is 4.90. The molecule has 2 aliphatic rings. The lowest BCUT2D eigenvalue weighted by Gasteiger charge is -2.38. The summed E-state index contributed by atoms with van der Waals surface area (Å²) < 4.78 is 5.47. The predicted molar refractivity (Wildman–Crippen MR) is 116 cm³/mol. The second-order valence-electron chi connectivity index (χ2n) is 8.52. The van der Waals surface area contributed by atoms with Crippen molar-refractivity contribution in [3.8, 4) is 11.1 Å². The maximum absolute atomic E-state index is 13.0. The number of hydrogen-bond acceptors (Lipinski definition) is 5. The van der Waals surface area contributed by atoms with Gasteiger partial charge in [0, 0.05) is 60.5 Å². The first-order valence-electron chi connectivity index (χ1n) is 11.0. The Morgan fingerprint density at radius 1 is 1.03 bits per heavy atom. The molecule has 1 aromatic carbocycles. The average molecular weight is 405 g/mol. The van der Waals surface area contributed by atoms with Gasteiger partial charge in [-0.2, -0.15) is 5.10 Å². The molecule has 0 amide bonds. The van der Waals surface area contributed by atoms with E-state index in [0.29, 0.717) is 18.2 Å². The number of aromatic amines is 1. The molecule has 1 aliphatic heterocycles. The number of morpholine rings is 1. The molecule has 1 aliphatic carbocycles.